The lowest BCUT2D eigenvalue weighted by Gasteiger charge is -2.20. The zero-order valence-corrected chi connectivity index (χ0v) is 11.2. The van der Waals surface area contributed by atoms with Gasteiger partial charge in [0.05, 0.1) is 17.9 Å². The Hall–Kier alpha value is -1.71. The summed E-state index contributed by atoms with van der Waals surface area (Å²) >= 11 is 0. The predicted octanol–water partition coefficient (Wildman–Crippen LogP) is 2.00. The molecule has 17 heavy (non-hydrogen) atoms. The lowest BCUT2D eigenvalue weighted by atomic mass is 10.1. The van der Waals surface area contributed by atoms with Crippen molar-refractivity contribution in [3.8, 4) is 0 Å². The van der Waals surface area contributed by atoms with Crippen LogP contribution in [0, 0.1) is 0 Å². The minimum absolute atomic E-state index is 0.278. The number of nitrogens with zero attached hydrogens (tertiary/aromatic N) is 2. The summed E-state index contributed by atoms with van der Waals surface area (Å²) in [4.78, 5) is 15.7. The van der Waals surface area contributed by atoms with Gasteiger partial charge in [0.15, 0.2) is 0 Å². The smallest absolute Gasteiger partial charge is 0.340 e. The third-order valence-electron chi connectivity index (χ3n) is 2.47. The molecule has 94 valence electrons. The highest BCUT2D eigenvalue weighted by Crippen LogP contribution is 2.24. The molecule has 0 saturated carbocycles. The first-order valence-corrected chi connectivity index (χ1v) is 5.63. The summed E-state index contributed by atoms with van der Waals surface area (Å²) in [5, 5.41) is 0. The Kier molecular flexibility index (Phi) is 4.37. The summed E-state index contributed by atoms with van der Waals surface area (Å²) in [6.07, 6.45) is 0. The molecule has 0 aromatic heterocycles. The molecule has 4 heteroatoms. The molecule has 0 saturated heterocycles. The standard InChI is InChI=1S/C13H20N2O2/c1-6-17-13(16)11-9-10(14(2)3)7-8-12(11)15(4)5/h7-9H,6H2,1-5H3. The van der Waals surface area contributed by atoms with E-state index < -0.39 is 0 Å². The molecule has 1 rings (SSSR count). The number of carbonyl (C=O) groups excluding carboxylic acids is 1. The third kappa shape index (κ3) is 3.12. The first-order chi connectivity index (χ1) is 7.97. The van der Waals surface area contributed by atoms with Crippen molar-refractivity contribution in [3.63, 3.8) is 0 Å². The SMILES string of the molecule is CCOC(=O)c1cc(N(C)C)ccc1N(C)C. The Morgan fingerprint density at radius 2 is 1.82 bits per heavy atom. The highest BCUT2D eigenvalue weighted by atomic mass is 16.5. The average Bonchev–Trinajstić information content (AvgIpc) is 2.28. The van der Waals surface area contributed by atoms with Gasteiger partial charge < -0.3 is 14.5 Å². The van der Waals surface area contributed by atoms with Crippen LogP contribution in [0.1, 0.15) is 17.3 Å². The number of benzene rings is 1. The van der Waals surface area contributed by atoms with Crippen molar-refractivity contribution < 1.29 is 9.53 Å². The van der Waals surface area contributed by atoms with Crippen LogP contribution in [0.15, 0.2) is 18.2 Å². The van der Waals surface area contributed by atoms with Gasteiger partial charge in [-0.1, -0.05) is 0 Å². The Morgan fingerprint density at radius 3 is 2.29 bits per heavy atom. The fraction of sp³-hybridized carbons (Fsp3) is 0.462. The number of ether oxygens (including phenoxy) is 1. The van der Waals surface area contributed by atoms with Crippen molar-refractivity contribution in [2.24, 2.45) is 0 Å². The predicted molar refractivity (Wildman–Crippen MR) is 71.1 cm³/mol. The first kappa shape index (κ1) is 13.4. The molecule has 1 aromatic carbocycles. The van der Waals surface area contributed by atoms with Crippen LogP contribution in [0.2, 0.25) is 0 Å². The van der Waals surface area contributed by atoms with Crippen LogP contribution in [0.4, 0.5) is 11.4 Å². The summed E-state index contributed by atoms with van der Waals surface area (Å²) in [5.41, 5.74) is 2.45. The molecule has 0 aliphatic carbocycles. The van der Waals surface area contributed by atoms with E-state index in [0.29, 0.717) is 12.2 Å². The normalized spacial score (nSPS) is 9.94. The van der Waals surface area contributed by atoms with E-state index in [1.165, 1.54) is 0 Å². The van der Waals surface area contributed by atoms with Crippen molar-refractivity contribution in [1.29, 1.82) is 0 Å². The van der Waals surface area contributed by atoms with E-state index in [-0.39, 0.29) is 5.97 Å². The molecule has 0 heterocycles. The van der Waals surface area contributed by atoms with Gasteiger partial charge in [-0.05, 0) is 25.1 Å². The van der Waals surface area contributed by atoms with Gasteiger partial charge in [-0.2, -0.15) is 0 Å². The monoisotopic (exact) mass is 236 g/mol. The molecule has 1 aromatic rings. The van der Waals surface area contributed by atoms with Crippen molar-refractivity contribution in [3.05, 3.63) is 23.8 Å². The van der Waals surface area contributed by atoms with E-state index in [0.717, 1.165) is 11.4 Å². The Labute approximate surface area is 103 Å². The minimum Gasteiger partial charge on any atom is -0.462 e. The van der Waals surface area contributed by atoms with Crippen LogP contribution < -0.4 is 9.80 Å². The molecule has 0 radical (unpaired) electrons. The molecular weight excluding hydrogens is 216 g/mol. The summed E-state index contributed by atoms with van der Waals surface area (Å²) in [6, 6.07) is 5.77. The lowest BCUT2D eigenvalue weighted by Crippen LogP contribution is -2.17. The molecule has 0 aliphatic rings. The molecule has 0 atom stereocenters. The first-order valence-electron chi connectivity index (χ1n) is 5.63. The maximum atomic E-state index is 11.9. The van der Waals surface area contributed by atoms with Crippen LogP contribution in [-0.2, 0) is 4.74 Å². The van der Waals surface area contributed by atoms with Crippen LogP contribution in [-0.4, -0.2) is 40.8 Å². The topological polar surface area (TPSA) is 32.8 Å². The van der Waals surface area contributed by atoms with E-state index in [4.69, 9.17) is 4.74 Å². The van der Waals surface area contributed by atoms with Gasteiger partial charge in [0, 0.05) is 33.9 Å². The lowest BCUT2D eigenvalue weighted by molar-refractivity contribution is 0.0527. The van der Waals surface area contributed by atoms with Crippen LogP contribution >= 0.6 is 0 Å². The second-order valence-corrected chi connectivity index (χ2v) is 4.21. The molecular formula is C13H20N2O2. The van der Waals surface area contributed by atoms with Crippen molar-refractivity contribution in [1.82, 2.24) is 0 Å². The number of hydrogen-bond donors (Lipinski definition) is 0. The zero-order valence-electron chi connectivity index (χ0n) is 11.2. The Balaban J connectivity index is 3.20. The summed E-state index contributed by atoms with van der Waals surface area (Å²) in [7, 11) is 7.71. The zero-order chi connectivity index (χ0) is 13.0. The molecule has 0 aliphatic heterocycles. The van der Waals surface area contributed by atoms with Crippen molar-refractivity contribution in [2.45, 2.75) is 6.92 Å². The fourth-order valence-electron chi connectivity index (χ4n) is 1.56. The maximum Gasteiger partial charge on any atom is 0.340 e. The summed E-state index contributed by atoms with van der Waals surface area (Å²) < 4.78 is 5.07. The Morgan fingerprint density at radius 1 is 1.18 bits per heavy atom. The van der Waals surface area contributed by atoms with Gasteiger partial charge in [-0.15, -0.1) is 0 Å². The highest BCUT2D eigenvalue weighted by molar-refractivity contribution is 5.97. The number of hydrogen-bond acceptors (Lipinski definition) is 4. The maximum absolute atomic E-state index is 11.9. The van der Waals surface area contributed by atoms with E-state index in [9.17, 15) is 4.79 Å². The van der Waals surface area contributed by atoms with Crippen LogP contribution in [0.3, 0.4) is 0 Å². The number of esters is 1. The quantitative estimate of drug-likeness (QED) is 0.749. The molecule has 0 bridgehead atoms. The van der Waals surface area contributed by atoms with E-state index in [1.54, 1.807) is 0 Å². The second-order valence-electron chi connectivity index (χ2n) is 4.21. The van der Waals surface area contributed by atoms with Gasteiger partial charge in [-0.25, -0.2) is 4.79 Å². The molecule has 0 amide bonds. The average molecular weight is 236 g/mol. The summed E-state index contributed by atoms with van der Waals surface area (Å²) in [6.45, 7) is 2.20. The highest BCUT2D eigenvalue weighted by Gasteiger charge is 2.15. The second kappa shape index (κ2) is 5.57. The Bertz CT molecular complexity index is 400. The van der Waals surface area contributed by atoms with Gasteiger partial charge in [0.2, 0.25) is 0 Å². The van der Waals surface area contributed by atoms with Gasteiger partial charge >= 0.3 is 5.97 Å². The van der Waals surface area contributed by atoms with Gasteiger partial charge in [-0.3, -0.25) is 0 Å². The largest absolute Gasteiger partial charge is 0.462 e. The molecule has 4 nitrogen and oxygen atoms in total. The van der Waals surface area contributed by atoms with Crippen LogP contribution in [0.5, 0.6) is 0 Å². The van der Waals surface area contributed by atoms with Gasteiger partial charge in [0.25, 0.3) is 0 Å². The number of anilines is 2. The van der Waals surface area contributed by atoms with Crippen molar-refractivity contribution >= 4 is 17.3 Å². The third-order valence-corrected chi connectivity index (χ3v) is 2.47. The minimum atomic E-state index is -0.278. The van der Waals surface area contributed by atoms with E-state index in [1.807, 2.05) is 63.1 Å². The van der Waals surface area contributed by atoms with Crippen LogP contribution in [0.25, 0.3) is 0 Å². The fourth-order valence-corrected chi connectivity index (χ4v) is 1.56. The van der Waals surface area contributed by atoms with E-state index in [2.05, 4.69) is 0 Å². The summed E-state index contributed by atoms with van der Waals surface area (Å²) in [5.74, 6) is -0.278. The van der Waals surface area contributed by atoms with E-state index >= 15 is 0 Å². The molecule has 0 fully saturated rings. The van der Waals surface area contributed by atoms with Gasteiger partial charge in [0.1, 0.15) is 0 Å². The molecule has 0 N–H and O–H groups in total. The molecule has 0 spiro atoms. The number of rotatable bonds is 4. The number of carbonyl (C=O) groups is 1. The molecule has 0 unspecified atom stereocenters. The van der Waals surface area contributed by atoms with Crippen molar-refractivity contribution in [2.75, 3.05) is 44.6 Å².